The van der Waals surface area contributed by atoms with Crippen molar-refractivity contribution < 1.29 is 19.1 Å². The second-order valence-corrected chi connectivity index (χ2v) is 6.87. The van der Waals surface area contributed by atoms with Gasteiger partial charge in [-0.2, -0.15) is 0 Å². The Morgan fingerprint density at radius 1 is 1.27 bits per heavy atom. The Morgan fingerprint density at radius 2 is 1.95 bits per heavy atom. The molecule has 0 aliphatic heterocycles. The third kappa shape index (κ3) is 4.56. The highest BCUT2D eigenvalue weighted by Gasteiger charge is 2.19. The fraction of sp³-hybridized carbons (Fsp3) is 0.533. The fourth-order valence-corrected chi connectivity index (χ4v) is 3.41. The Kier molecular flexibility index (Phi) is 5.54. The Labute approximate surface area is 133 Å². The molecule has 1 fully saturated rings. The minimum absolute atomic E-state index is 0.131. The van der Waals surface area contributed by atoms with Crippen molar-refractivity contribution in [2.45, 2.75) is 45.6 Å². The van der Waals surface area contributed by atoms with E-state index in [1.807, 2.05) is 13.8 Å². The summed E-state index contributed by atoms with van der Waals surface area (Å²) in [5.74, 6) is -1.18. The van der Waals surface area contributed by atoms with Gasteiger partial charge in [0.25, 0.3) is 5.91 Å². The molecular formula is C15H20N2O4S. The van der Waals surface area contributed by atoms with Gasteiger partial charge in [0.15, 0.2) is 6.61 Å². The number of carbonyl (C=O) groups excluding carboxylic acids is 3. The van der Waals surface area contributed by atoms with E-state index in [1.54, 1.807) is 6.07 Å². The number of hydrogen-bond acceptors (Lipinski definition) is 5. The van der Waals surface area contributed by atoms with Crippen LogP contribution in [0, 0.1) is 13.8 Å². The summed E-state index contributed by atoms with van der Waals surface area (Å²) in [6.07, 6.45) is 4.06. The van der Waals surface area contributed by atoms with Gasteiger partial charge in [-0.05, 0) is 32.8 Å². The molecule has 120 valence electrons. The number of hydrogen-bond donors (Lipinski definition) is 2. The minimum atomic E-state index is -0.631. The van der Waals surface area contributed by atoms with Crippen molar-refractivity contribution in [1.29, 1.82) is 0 Å². The normalized spacial score (nSPS) is 14.6. The van der Waals surface area contributed by atoms with E-state index < -0.39 is 24.5 Å². The number of urea groups is 1. The maximum atomic E-state index is 11.9. The molecule has 0 spiro atoms. The number of aryl methyl sites for hydroxylation is 2. The third-order valence-corrected chi connectivity index (χ3v) is 4.50. The van der Waals surface area contributed by atoms with E-state index in [4.69, 9.17) is 4.74 Å². The average molecular weight is 324 g/mol. The summed E-state index contributed by atoms with van der Waals surface area (Å²) < 4.78 is 4.93. The first-order valence-corrected chi connectivity index (χ1v) is 8.12. The summed E-state index contributed by atoms with van der Waals surface area (Å²) in [5.41, 5.74) is 0.464. The van der Waals surface area contributed by atoms with E-state index in [0.29, 0.717) is 5.56 Å². The maximum absolute atomic E-state index is 11.9. The molecule has 1 aliphatic rings. The van der Waals surface area contributed by atoms with Gasteiger partial charge in [0, 0.05) is 15.8 Å². The summed E-state index contributed by atoms with van der Waals surface area (Å²) in [6.45, 7) is 3.25. The van der Waals surface area contributed by atoms with Crippen LogP contribution in [-0.4, -0.2) is 30.6 Å². The van der Waals surface area contributed by atoms with Gasteiger partial charge in [-0.3, -0.25) is 10.1 Å². The monoisotopic (exact) mass is 324 g/mol. The SMILES string of the molecule is Cc1cc(C(=O)OCC(=O)NC(=O)NC2CCCC2)c(C)s1. The van der Waals surface area contributed by atoms with Gasteiger partial charge in [-0.25, -0.2) is 9.59 Å². The number of esters is 1. The number of amides is 3. The van der Waals surface area contributed by atoms with Gasteiger partial charge < -0.3 is 10.1 Å². The van der Waals surface area contributed by atoms with Crippen LogP contribution in [0.1, 0.15) is 45.8 Å². The van der Waals surface area contributed by atoms with Gasteiger partial charge in [0.2, 0.25) is 0 Å². The van der Waals surface area contributed by atoms with Crippen LogP contribution in [-0.2, 0) is 9.53 Å². The lowest BCUT2D eigenvalue weighted by Crippen LogP contribution is -2.45. The highest BCUT2D eigenvalue weighted by molar-refractivity contribution is 7.12. The number of imide groups is 1. The zero-order valence-corrected chi connectivity index (χ0v) is 13.5. The van der Waals surface area contributed by atoms with Crippen LogP contribution in [0.15, 0.2) is 6.07 Å². The number of carbonyl (C=O) groups is 3. The molecule has 0 aromatic carbocycles. The molecule has 2 rings (SSSR count). The molecule has 1 aromatic rings. The molecule has 7 heteroatoms. The molecule has 0 saturated heterocycles. The first-order valence-electron chi connectivity index (χ1n) is 7.30. The first-order chi connectivity index (χ1) is 10.5. The van der Waals surface area contributed by atoms with Gasteiger partial charge >= 0.3 is 12.0 Å². The van der Waals surface area contributed by atoms with Crippen LogP contribution in [0.2, 0.25) is 0 Å². The van der Waals surface area contributed by atoms with Crippen molar-refractivity contribution in [3.8, 4) is 0 Å². The Bertz CT molecular complexity index is 576. The van der Waals surface area contributed by atoms with Crippen molar-refractivity contribution in [3.05, 3.63) is 21.4 Å². The van der Waals surface area contributed by atoms with Crippen LogP contribution in [0.25, 0.3) is 0 Å². The molecular weight excluding hydrogens is 304 g/mol. The molecule has 0 unspecified atom stereocenters. The summed E-state index contributed by atoms with van der Waals surface area (Å²) in [7, 11) is 0. The van der Waals surface area contributed by atoms with Gasteiger partial charge in [0.1, 0.15) is 0 Å². The third-order valence-electron chi connectivity index (χ3n) is 3.54. The molecule has 1 aliphatic carbocycles. The Balaban J connectivity index is 1.74. The van der Waals surface area contributed by atoms with Crippen molar-refractivity contribution in [3.63, 3.8) is 0 Å². The fourth-order valence-electron chi connectivity index (χ4n) is 2.50. The van der Waals surface area contributed by atoms with Gasteiger partial charge in [-0.1, -0.05) is 12.8 Å². The van der Waals surface area contributed by atoms with Crippen LogP contribution < -0.4 is 10.6 Å². The van der Waals surface area contributed by atoms with Crippen LogP contribution in [0.5, 0.6) is 0 Å². The number of ether oxygens (including phenoxy) is 1. The summed E-state index contributed by atoms with van der Waals surface area (Å²) >= 11 is 1.49. The lowest BCUT2D eigenvalue weighted by atomic mass is 10.2. The molecule has 1 heterocycles. The second-order valence-electron chi connectivity index (χ2n) is 5.41. The van der Waals surface area contributed by atoms with E-state index >= 15 is 0 Å². The predicted molar refractivity (Wildman–Crippen MR) is 83.0 cm³/mol. The van der Waals surface area contributed by atoms with Crippen LogP contribution in [0.4, 0.5) is 4.79 Å². The van der Waals surface area contributed by atoms with Crippen molar-refractivity contribution in [2.24, 2.45) is 0 Å². The predicted octanol–water partition coefficient (Wildman–Crippen LogP) is 2.29. The summed E-state index contributed by atoms with van der Waals surface area (Å²) in [6, 6.07) is 1.33. The molecule has 6 nitrogen and oxygen atoms in total. The molecule has 3 amide bonds. The quantitative estimate of drug-likeness (QED) is 0.832. The highest BCUT2D eigenvalue weighted by Crippen LogP contribution is 2.21. The Morgan fingerprint density at radius 3 is 2.55 bits per heavy atom. The van der Waals surface area contributed by atoms with E-state index in [1.165, 1.54) is 11.3 Å². The molecule has 0 atom stereocenters. The van der Waals surface area contributed by atoms with E-state index in [0.717, 1.165) is 35.4 Å². The average Bonchev–Trinajstić information content (AvgIpc) is 3.05. The summed E-state index contributed by atoms with van der Waals surface area (Å²) in [4.78, 5) is 36.9. The summed E-state index contributed by atoms with van der Waals surface area (Å²) in [5, 5.41) is 4.90. The topological polar surface area (TPSA) is 84.5 Å². The smallest absolute Gasteiger partial charge is 0.339 e. The van der Waals surface area contributed by atoms with Gasteiger partial charge in [0.05, 0.1) is 5.56 Å². The zero-order valence-electron chi connectivity index (χ0n) is 12.7. The van der Waals surface area contributed by atoms with Gasteiger partial charge in [-0.15, -0.1) is 11.3 Å². The minimum Gasteiger partial charge on any atom is -0.452 e. The molecule has 2 N–H and O–H groups in total. The van der Waals surface area contributed by atoms with Crippen molar-refractivity contribution >= 4 is 29.2 Å². The maximum Gasteiger partial charge on any atom is 0.339 e. The second kappa shape index (κ2) is 7.40. The molecule has 1 saturated carbocycles. The molecule has 1 aromatic heterocycles. The van der Waals surface area contributed by atoms with Crippen LogP contribution in [0.3, 0.4) is 0 Å². The number of nitrogens with one attached hydrogen (secondary N) is 2. The standard InChI is InChI=1S/C15H20N2O4S/c1-9-7-12(10(2)22-9)14(19)21-8-13(18)17-15(20)16-11-5-3-4-6-11/h7,11H,3-6,8H2,1-2H3,(H2,16,17,18,20). The first kappa shape index (κ1) is 16.5. The number of thiophene rings is 1. The van der Waals surface area contributed by atoms with Crippen molar-refractivity contribution in [1.82, 2.24) is 10.6 Å². The van der Waals surface area contributed by atoms with E-state index in [-0.39, 0.29) is 6.04 Å². The van der Waals surface area contributed by atoms with E-state index in [2.05, 4.69) is 10.6 Å². The van der Waals surface area contributed by atoms with E-state index in [9.17, 15) is 14.4 Å². The lowest BCUT2D eigenvalue weighted by molar-refractivity contribution is -0.123. The lowest BCUT2D eigenvalue weighted by Gasteiger charge is -2.12. The molecule has 22 heavy (non-hydrogen) atoms. The largest absolute Gasteiger partial charge is 0.452 e. The van der Waals surface area contributed by atoms with Crippen molar-refractivity contribution in [2.75, 3.05) is 6.61 Å². The Hall–Kier alpha value is -1.89. The van der Waals surface area contributed by atoms with Crippen LogP contribution >= 0.6 is 11.3 Å². The molecule has 0 bridgehead atoms. The zero-order chi connectivity index (χ0) is 16.1. The number of rotatable bonds is 4. The highest BCUT2D eigenvalue weighted by atomic mass is 32.1. The molecule has 0 radical (unpaired) electrons.